The highest BCUT2D eigenvalue weighted by molar-refractivity contribution is 6.01. The Balaban J connectivity index is 1.26. The molecule has 172 valence electrons. The molecule has 2 aromatic carbocycles. The van der Waals surface area contributed by atoms with Crippen molar-refractivity contribution in [3.63, 3.8) is 0 Å². The number of carbonyl (C=O) groups excluding carboxylic acids is 3. The van der Waals surface area contributed by atoms with Crippen molar-refractivity contribution in [3.05, 3.63) is 60.3 Å². The fraction of sp³-hybridized carbons (Fsp3) is 0.320. The van der Waals surface area contributed by atoms with Crippen molar-refractivity contribution in [1.82, 2.24) is 15.6 Å². The maximum Gasteiger partial charge on any atom is 0.242 e. The van der Waals surface area contributed by atoms with Gasteiger partial charge in [0.05, 0.1) is 13.0 Å². The van der Waals surface area contributed by atoms with Crippen molar-refractivity contribution in [2.45, 2.75) is 25.8 Å². The Morgan fingerprint density at radius 2 is 1.94 bits per heavy atom. The Hall–Kier alpha value is -3.81. The number of hydrogen-bond acceptors (Lipinski definition) is 4. The van der Waals surface area contributed by atoms with Crippen LogP contribution in [0.25, 0.3) is 10.9 Å². The first-order chi connectivity index (χ1) is 16.0. The van der Waals surface area contributed by atoms with Crippen molar-refractivity contribution in [3.8, 4) is 5.75 Å². The number of rotatable bonds is 8. The van der Waals surface area contributed by atoms with Crippen LogP contribution in [0.4, 0.5) is 5.69 Å². The number of aromatic amines is 1. The van der Waals surface area contributed by atoms with Crippen LogP contribution in [0.15, 0.2) is 54.7 Å². The molecule has 0 spiro atoms. The van der Waals surface area contributed by atoms with Crippen molar-refractivity contribution < 1.29 is 19.1 Å². The monoisotopic (exact) mass is 448 g/mol. The van der Waals surface area contributed by atoms with Gasteiger partial charge in [0.25, 0.3) is 0 Å². The van der Waals surface area contributed by atoms with E-state index in [2.05, 4.69) is 15.6 Å². The van der Waals surface area contributed by atoms with Gasteiger partial charge in [-0.05, 0) is 49.2 Å². The van der Waals surface area contributed by atoms with Crippen LogP contribution in [-0.2, 0) is 20.8 Å². The number of fused-ring (bicyclic) bond motifs is 1. The molecule has 0 radical (unpaired) electrons. The zero-order valence-corrected chi connectivity index (χ0v) is 18.8. The summed E-state index contributed by atoms with van der Waals surface area (Å²) in [5.41, 5.74) is 2.92. The summed E-state index contributed by atoms with van der Waals surface area (Å²) in [5, 5.41) is 6.77. The molecule has 1 aromatic heterocycles. The molecule has 3 amide bonds. The Morgan fingerprint density at radius 3 is 2.70 bits per heavy atom. The molecular formula is C25H28N4O4. The molecule has 0 aliphatic carbocycles. The predicted octanol–water partition coefficient (Wildman–Crippen LogP) is 2.39. The fourth-order valence-corrected chi connectivity index (χ4v) is 4.10. The van der Waals surface area contributed by atoms with E-state index in [1.165, 1.54) is 0 Å². The number of methoxy groups -OCH3 is 1. The lowest BCUT2D eigenvalue weighted by Gasteiger charge is -2.18. The molecule has 1 saturated heterocycles. The number of hydrogen-bond donors (Lipinski definition) is 3. The summed E-state index contributed by atoms with van der Waals surface area (Å²) in [7, 11) is 1.58. The molecule has 0 unspecified atom stereocenters. The minimum Gasteiger partial charge on any atom is -0.497 e. The van der Waals surface area contributed by atoms with E-state index in [0.717, 1.165) is 22.2 Å². The van der Waals surface area contributed by atoms with E-state index in [9.17, 15) is 14.4 Å². The van der Waals surface area contributed by atoms with Crippen molar-refractivity contribution in [2.75, 3.05) is 25.1 Å². The van der Waals surface area contributed by atoms with Gasteiger partial charge >= 0.3 is 0 Å². The van der Waals surface area contributed by atoms with Crippen LogP contribution in [0.1, 0.15) is 18.9 Å². The first-order valence-corrected chi connectivity index (χ1v) is 11.0. The van der Waals surface area contributed by atoms with Gasteiger partial charge in [-0.15, -0.1) is 0 Å². The lowest BCUT2D eigenvalue weighted by Crippen LogP contribution is -2.47. The highest BCUT2D eigenvalue weighted by Crippen LogP contribution is 2.27. The summed E-state index contributed by atoms with van der Waals surface area (Å²) < 4.78 is 5.14. The predicted molar refractivity (Wildman–Crippen MR) is 126 cm³/mol. The van der Waals surface area contributed by atoms with Crippen LogP contribution in [0.2, 0.25) is 0 Å². The highest BCUT2D eigenvalue weighted by Gasteiger charge is 2.36. The number of ether oxygens (including phenoxy) is 1. The fourth-order valence-electron chi connectivity index (χ4n) is 4.10. The zero-order chi connectivity index (χ0) is 23.4. The smallest absolute Gasteiger partial charge is 0.242 e. The van der Waals surface area contributed by atoms with Crippen LogP contribution < -0.4 is 20.3 Å². The summed E-state index contributed by atoms with van der Waals surface area (Å²) in [6.07, 6.45) is 2.75. The maximum absolute atomic E-state index is 12.7. The summed E-state index contributed by atoms with van der Waals surface area (Å²) >= 11 is 0. The van der Waals surface area contributed by atoms with Gasteiger partial charge in [-0.2, -0.15) is 0 Å². The summed E-state index contributed by atoms with van der Waals surface area (Å²) in [6, 6.07) is 14.5. The number of nitrogens with one attached hydrogen (secondary N) is 3. The summed E-state index contributed by atoms with van der Waals surface area (Å²) in [5.74, 6) is -0.459. The van der Waals surface area contributed by atoms with Crippen LogP contribution in [0.5, 0.6) is 5.75 Å². The Labute approximate surface area is 192 Å². The van der Waals surface area contributed by atoms with Crippen LogP contribution in [0, 0.1) is 5.92 Å². The number of amides is 3. The molecule has 33 heavy (non-hydrogen) atoms. The minimum absolute atomic E-state index is 0.115. The molecule has 8 nitrogen and oxygen atoms in total. The first kappa shape index (κ1) is 22.4. The molecule has 1 aliphatic heterocycles. The summed E-state index contributed by atoms with van der Waals surface area (Å²) in [4.78, 5) is 42.4. The van der Waals surface area contributed by atoms with Gasteiger partial charge in [0, 0.05) is 42.3 Å². The van der Waals surface area contributed by atoms with Gasteiger partial charge in [-0.3, -0.25) is 14.4 Å². The van der Waals surface area contributed by atoms with Gasteiger partial charge in [-0.1, -0.05) is 18.2 Å². The van der Waals surface area contributed by atoms with Crippen molar-refractivity contribution >= 4 is 34.3 Å². The maximum atomic E-state index is 12.7. The zero-order valence-electron chi connectivity index (χ0n) is 18.8. The van der Waals surface area contributed by atoms with Gasteiger partial charge < -0.3 is 25.3 Å². The molecule has 2 heterocycles. The van der Waals surface area contributed by atoms with Gasteiger partial charge in [0.15, 0.2) is 0 Å². The van der Waals surface area contributed by atoms with Crippen LogP contribution >= 0.6 is 0 Å². The van der Waals surface area contributed by atoms with E-state index in [0.29, 0.717) is 18.7 Å². The largest absolute Gasteiger partial charge is 0.497 e. The molecule has 0 bridgehead atoms. The average Bonchev–Trinajstić information content (AvgIpc) is 3.42. The van der Waals surface area contributed by atoms with E-state index < -0.39 is 12.0 Å². The highest BCUT2D eigenvalue weighted by atomic mass is 16.5. The third-order valence-electron chi connectivity index (χ3n) is 6.00. The molecule has 3 N–H and O–H groups in total. The van der Waals surface area contributed by atoms with E-state index in [-0.39, 0.29) is 30.7 Å². The van der Waals surface area contributed by atoms with Crippen molar-refractivity contribution in [2.24, 2.45) is 5.92 Å². The molecule has 8 heteroatoms. The Morgan fingerprint density at radius 1 is 1.18 bits per heavy atom. The number of benzene rings is 2. The van der Waals surface area contributed by atoms with Crippen molar-refractivity contribution in [1.29, 1.82) is 0 Å². The van der Waals surface area contributed by atoms with E-state index in [4.69, 9.17) is 4.74 Å². The number of H-pyrrole nitrogens is 1. The number of para-hydroxylation sites is 1. The van der Waals surface area contributed by atoms with Gasteiger partial charge in [0.2, 0.25) is 17.7 Å². The average molecular weight is 449 g/mol. The molecule has 3 aromatic rings. The molecule has 2 atom stereocenters. The van der Waals surface area contributed by atoms with Crippen LogP contribution in [0.3, 0.4) is 0 Å². The number of aromatic nitrogens is 1. The molecule has 0 saturated carbocycles. The standard InChI is InChI=1S/C25H28N4O4/c1-16(24(31)26-12-11-17-14-27-22-6-4-3-5-21(17)22)28-25(32)18-13-23(30)29(15-18)19-7-9-20(33-2)10-8-19/h3-10,14,16,18,27H,11-13,15H2,1-2H3,(H,26,31)(H,28,32)/t16-,18-/m0/s1. The van der Waals surface area contributed by atoms with Gasteiger partial charge in [-0.25, -0.2) is 0 Å². The third kappa shape index (κ3) is 5.00. The normalized spacial score (nSPS) is 16.6. The Bertz CT molecular complexity index is 1150. The van der Waals surface area contributed by atoms with Gasteiger partial charge in [0.1, 0.15) is 11.8 Å². The second-order valence-electron chi connectivity index (χ2n) is 8.23. The van der Waals surface area contributed by atoms with E-state index >= 15 is 0 Å². The second kappa shape index (κ2) is 9.77. The lowest BCUT2D eigenvalue weighted by atomic mass is 10.1. The number of carbonyl (C=O) groups is 3. The topological polar surface area (TPSA) is 104 Å². The Kier molecular flexibility index (Phi) is 6.63. The quantitative estimate of drug-likeness (QED) is 0.492. The first-order valence-electron chi connectivity index (χ1n) is 11.0. The van der Waals surface area contributed by atoms with E-state index in [1.807, 2.05) is 30.5 Å². The lowest BCUT2D eigenvalue weighted by molar-refractivity contribution is -0.130. The summed E-state index contributed by atoms with van der Waals surface area (Å²) in [6.45, 7) is 2.40. The van der Waals surface area contributed by atoms with Crippen LogP contribution in [-0.4, -0.2) is 48.9 Å². The SMILES string of the molecule is COc1ccc(N2C[C@@H](C(=O)N[C@@H](C)C(=O)NCCc3c[nH]c4ccccc34)CC2=O)cc1. The second-order valence-corrected chi connectivity index (χ2v) is 8.23. The molecule has 4 rings (SSSR count). The molecule has 1 aliphatic rings. The minimum atomic E-state index is -0.689. The molecular weight excluding hydrogens is 420 g/mol. The third-order valence-corrected chi connectivity index (χ3v) is 6.00. The number of nitrogens with zero attached hydrogens (tertiary/aromatic N) is 1. The number of anilines is 1. The van der Waals surface area contributed by atoms with E-state index in [1.54, 1.807) is 43.2 Å². The molecule has 1 fully saturated rings.